The topological polar surface area (TPSA) is 85.1 Å². The van der Waals surface area contributed by atoms with Gasteiger partial charge in [-0.25, -0.2) is 0 Å². The van der Waals surface area contributed by atoms with E-state index < -0.39 is 10.8 Å². The summed E-state index contributed by atoms with van der Waals surface area (Å²) in [5.41, 5.74) is 0.579. The highest BCUT2D eigenvalue weighted by Gasteiger charge is 2.15. The van der Waals surface area contributed by atoms with E-state index in [0.717, 1.165) is 0 Å². The first kappa shape index (κ1) is 13.2. The summed E-state index contributed by atoms with van der Waals surface area (Å²) in [5, 5.41) is 13.4. The van der Waals surface area contributed by atoms with Gasteiger partial charge in [0.1, 0.15) is 0 Å². The smallest absolute Gasteiger partial charge is 0.284 e. The van der Waals surface area contributed by atoms with Crippen molar-refractivity contribution in [2.24, 2.45) is 0 Å². The van der Waals surface area contributed by atoms with Crippen molar-refractivity contribution in [3.05, 3.63) is 62.9 Å². The van der Waals surface area contributed by atoms with E-state index in [-0.39, 0.29) is 11.3 Å². The number of anilines is 1. The average molecular weight is 322 g/mol. The van der Waals surface area contributed by atoms with Crippen LogP contribution in [-0.4, -0.2) is 15.8 Å². The molecule has 0 aliphatic rings. The maximum atomic E-state index is 11.9. The number of benzene rings is 1. The lowest BCUT2D eigenvalue weighted by Gasteiger charge is -2.04. The summed E-state index contributed by atoms with van der Waals surface area (Å²) >= 11 is 3.06. The van der Waals surface area contributed by atoms with Crippen LogP contribution in [0.3, 0.4) is 0 Å². The van der Waals surface area contributed by atoms with Gasteiger partial charge in [-0.15, -0.1) is 0 Å². The van der Waals surface area contributed by atoms with Crippen LogP contribution < -0.4 is 5.32 Å². The van der Waals surface area contributed by atoms with Gasteiger partial charge in [0, 0.05) is 17.8 Å². The molecular weight excluding hydrogens is 314 g/mol. The van der Waals surface area contributed by atoms with Crippen molar-refractivity contribution < 1.29 is 9.72 Å². The van der Waals surface area contributed by atoms with Crippen LogP contribution in [0.15, 0.2) is 47.2 Å². The van der Waals surface area contributed by atoms with Crippen molar-refractivity contribution in [1.82, 2.24) is 4.98 Å². The summed E-state index contributed by atoms with van der Waals surface area (Å²) in [6, 6.07) is 7.55. The number of carbonyl (C=O) groups excluding carboxylic acids is 1. The van der Waals surface area contributed by atoms with E-state index in [1.54, 1.807) is 18.3 Å². The van der Waals surface area contributed by atoms with Crippen molar-refractivity contribution in [1.29, 1.82) is 0 Å². The highest BCUT2D eigenvalue weighted by atomic mass is 79.9. The minimum atomic E-state index is -0.551. The van der Waals surface area contributed by atoms with Crippen LogP contribution in [0.4, 0.5) is 11.4 Å². The second-order valence-electron chi connectivity index (χ2n) is 3.62. The number of hydrogen-bond donors (Lipinski definition) is 1. The standard InChI is InChI=1S/C12H8BrN3O3/c13-10-4-3-8(6-11(10)16(18)19)12(17)15-9-2-1-5-14-7-9/h1-7H,(H,15,17). The molecule has 0 fully saturated rings. The summed E-state index contributed by atoms with van der Waals surface area (Å²) in [6.07, 6.45) is 3.07. The van der Waals surface area contributed by atoms with Crippen LogP contribution in [0.25, 0.3) is 0 Å². The Morgan fingerprint density at radius 3 is 2.79 bits per heavy atom. The lowest BCUT2D eigenvalue weighted by atomic mass is 10.2. The monoisotopic (exact) mass is 321 g/mol. The van der Waals surface area contributed by atoms with Gasteiger partial charge in [-0.05, 0) is 40.2 Å². The Labute approximate surface area is 116 Å². The predicted octanol–water partition coefficient (Wildman–Crippen LogP) is 3.00. The zero-order valence-corrected chi connectivity index (χ0v) is 11.1. The molecule has 1 amide bonds. The van der Waals surface area contributed by atoms with Gasteiger partial charge in [-0.2, -0.15) is 0 Å². The number of nitro benzene ring substituents is 1. The zero-order chi connectivity index (χ0) is 13.8. The summed E-state index contributed by atoms with van der Waals surface area (Å²) in [5.74, 6) is -0.427. The number of hydrogen-bond acceptors (Lipinski definition) is 4. The summed E-state index contributed by atoms with van der Waals surface area (Å²) in [7, 11) is 0. The number of pyridine rings is 1. The molecule has 6 nitrogen and oxygen atoms in total. The van der Waals surface area contributed by atoms with E-state index in [4.69, 9.17) is 0 Å². The highest BCUT2D eigenvalue weighted by molar-refractivity contribution is 9.10. The number of carbonyl (C=O) groups is 1. The molecule has 19 heavy (non-hydrogen) atoms. The lowest BCUT2D eigenvalue weighted by molar-refractivity contribution is -0.385. The van der Waals surface area contributed by atoms with E-state index in [1.165, 1.54) is 24.4 Å². The molecule has 0 saturated carbocycles. The molecule has 2 rings (SSSR count). The zero-order valence-electron chi connectivity index (χ0n) is 9.54. The Hall–Kier alpha value is -2.28. The summed E-state index contributed by atoms with van der Waals surface area (Å²) in [6.45, 7) is 0. The predicted molar refractivity (Wildman–Crippen MR) is 73.0 cm³/mol. The fourth-order valence-electron chi connectivity index (χ4n) is 1.43. The Morgan fingerprint density at radius 1 is 1.37 bits per heavy atom. The van der Waals surface area contributed by atoms with Gasteiger partial charge in [0.2, 0.25) is 0 Å². The molecule has 0 bridgehead atoms. The summed E-state index contributed by atoms with van der Waals surface area (Å²) in [4.78, 5) is 26.0. The highest BCUT2D eigenvalue weighted by Crippen LogP contribution is 2.25. The fraction of sp³-hybridized carbons (Fsp3) is 0. The van der Waals surface area contributed by atoms with Gasteiger partial charge in [-0.1, -0.05) is 0 Å². The molecule has 1 heterocycles. The van der Waals surface area contributed by atoms with Crippen LogP contribution in [-0.2, 0) is 0 Å². The molecule has 96 valence electrons. The van der Waals surface area contributed by atoms with Crippen LogP contribution >= 0.6 is 15.9 Å². The third kappa shape index (κ3) is 3.14. The molecular formula is C12H8BrN3O3. The Morgan fingerprint density at radius 2 is 2.16 bits per heavy atom. The van der Waals surface area contributed by atoms with Crippen LogP contribution in [0.5, 0.6) is 0 Å². The van der Waals surface area contributed by atoms with Crippen molar-refractivity contribution in [2.45, 2.75) is 0 Å². The molecule has 0 atom stereocenters. The first-order valence-corrected chi connectivity index (χ1v) is 6.02. The normalized spacial score (nSPS) is 9.95. The second kappa shape index (κ2) is 5.57. The van der Waals surface area contributed by atoms with Gasteiger partial charge < -0.3 is 5.32 Å². The number of nitrogens with zero attached hydrogens (tertiary/aromatic N) is 2. The van der Waals surface area contributed by atoms with Gasteiger partial charge in [-0.3, -0.25) is 19.9 Å². The fourth-order valence-corrected chi connectivity index (χ4v) is 1.83. The number of amides is 1. The molecule has 0 aliphatic carbocycles. The van der Waals surface area contributed by atoms with Crippen molar-refractivity contribution in [3.63, 3.8) is 0 Å². The number of nitrogens with one attached hydrogen (secondary N) is 1. The lowest BCUT2D eigenvalue weighted by Crippen LogP contribution is -2.12. The van der Waals surface area contributed by atoms with E-state index in [0.29, 0.717) is 10.2 Å². The second-order valence-corrected chi connectivity index (χ2v) is 4.47. The van der Waals surface area contributed by atoms with Crippen molar-refractivity contribution in [2.75, 3.05) is 5.32 Å². The molecule has 0 spiro atoms. The Balaban J connectivity index is 2.25. The largest absolute Gasteiger partial charge is 0.321 e. The average Bonchev–Trinajstić information content (AvgIpc) is 2.40. The molecule has 1 aromatic carbocycles. The van der Waals surface area contributed by atoms with Crippen LogP contribution in [0.1, 0.15) is 10.4 Å². The van der Waals surface area contributed by atoms with E-state index in [2.05, 4.69) is 26.2 Å². The molecule has 1 aromatic heterocycles. The van der Waals surface area contributed by atoms with E-state index >= 15 is 0 Å². The first-order valence-electron chi connectivity index (χ1n) is 5.23. The molecule has 1 N–H and O–H groups in total. The van der Waals surface area contributed by atoms with Gasteiger partial charge in [0.05, 0.1) is 21.3 Å². The number of aromatic nitrogens is 1. The maximum Gasteiger partial charge on any atom is 0.284 e. The maximum absolute atomic E-state index is 11.9. The summed E-state index contributed by atoms with van der Waals surface area (Å²) < 4.78 is 0.329. The molecule has 7 heteroatoms. The van der Waals surface area contributed by atoms with E-state index in [9.17, 15) is 14.9 Å². The van der Waals surface area contributed by atoms with E-state index in [1.807, 2.05) is 0 Å². The van der Waals surface area contributed by atoms with Crippen molar-refractivity contribution >= 4 is 33.2 Å². The van der Waals surface area contributed by atoms with Crippen LogP contribution in [0.2, 0.25) is 0 Å². The molecule has 2 aromatic rings. The van der Waals surface area contributed by atoms with Gasteiger partial charge in [0.15, 0.2) is 0 Å². The van der Waals surface area contributed by atoms with Gasteiger partial charge >= 0.3 is 0 Å². The SMILES string of the molecule is O=C(Nc1cccnc1)c1ccc(Br)c([N+](=O)[O-])c1. The van der Waals surface area contributed by atoms with Gasteiger partial charge in [0.25, 0.3) is 11.6 Å². The minimum Gasteiger partial charge on any atom is -0.321 e. The minimum absolute atomic E-state index is 0.154. The number of rotatable bonds is 3. The Bertz CT molecular complexity index is 631. The van der Waals surface area contributed by atoms with Crippen molar-refractivity contribution in [3.8, 4) is 0 Å². The van der Waals surface area contributed by atoms with Crippen LogP contribution in [0, 0.1) is 10.1 Å². The third-order valence-corrected chi connectivity index (χ3v) is 2.99. The molecule has 0 unspecified atom stereocenters. The quantitative estimate of drug-likeness (QED) is 0.695. The molecule has 0 radical (unpaired) electrons. The number of halogens is 1. The first-order chi connectivity index (χ1) is 9.08. The molecule has 0 aliphatic heterocycles. The Kier molecular flexibility index (Phi) is 3.86. The number of nitro groups is 1. The third-order valence-electron chi connectivity index (χ3n) is 2.32. The molecule has 0 saturated heterocycles.